The maximum absolute atomic E-state index is 13.4. The van der Waals surface area contributed by atoms with Crippen LogP contribution in [0.4, 0.5) is 8.78 Å². The molecule has 1 heterocycles. The molecule has 3 nitrogen and oxygen atoms in total. The highest BCUT2D eigenvalue weighted by molar-refractivity contribution is 5.78. The highest BCUT2D eigenvalue weighted by Crippen LogP contribution is 2.12. The summed E-state index contributed by atoms with van der Waals surface area (Å²) in [5, 5.41) is 6.04. The maximum Gasteiger partial charge on any atom is 0.224 e. The summed E-state index contributed by atoms with van der Waals surface area (Å²) in [6.07, 6.45) is 2.03. The Morgan fingerprint density at radius 2 is 2.26 bits per heavy atom. The Morgan fingerprint density at radius 3 is 2.95 bits per heavy atom. The predicted octanol–water partition coefficient (Wildman–Crippen LogP) is 1.62. The minimum Gasteiger partial charge on any atom is -0.356 e. The van der Waals surface area contributed by atoms with Crippen molar-refractivity contribution < 1.29 is 13.6 Å². The van der Waals surface area contributed by atoms with E-state index in [-0.39, 0.29) is 17.9 Å². The van der Waals surface area contributed by atoms with E-state index in [2.05, 4.69) is 10.6 Å². The van der Waals surface area contributed by atoms with Crippen LogP contribution >= 0.6 is 0 Å². The van der Waals surface area contributed by atoms with E-state index in [1.165, 1.54) is 6.07 Å². The van der Waals surface area contributed by atoms with Crippen molar-refractivity contribution >= 4 is 5.91 Å². The Bertz CT molecular complexity index is 445. The highest BCUT2D eigenvalue weighted by atomic mass is 19.1. The van der Waals surface area contributed by atoms with Gasteiger partial charge in [0, 0.05) is 12.6 Å². The summed E-state index contributed by atoms with van der Waals surface area (Å²) >= 11 is 0. The molecular weight excluding hydrogens is 250 g/mol. The molecule has 0 aromatic heterocycles. The van der Waals surface area contributed by atoms with Crippen LogP contribution in [0.5, 0.6) is 0 Å². The van der Waals surface area contributed by atoms with Crippen LogP contribution in [-0.2, 0) is 11.2 Å². The van der Waals surface area contributed by atoms with Crippen LogP contribution in [0.3, 0.4) is 0 Å². The molecule has 1 saturated heterocycles. The van der Waals surface area contributed by atoms with Crippen LogP contribution in [0.15, 0.2) is 18.2 Å². The lowest BCUT2D eigenvalue weighted by molar-refractivity contribution is -0.120. The van der Waals surface area contributed by atoms with E-state index in [9.17, 15) is 13.6 Å². The molecule has 2 N–H and O–H groups in total. The second kappa shape index (κ2) is 6.61. The van der Waals surface area contributed by atoms with E-state index in [0.717, 1.165) is 38.1 Å². The average Bonchev–Trinajstić information content (AvgIpc) is 2.86. The van der Waals surface area contributed by atoms with Gasteiger partial charge in [0.2, 0.25) is 5.91 Å². The predicted molar refractivity (Wildman–Crippen MR) is 68.7 cm³/mol. The Labute approximate surface area is 111 Å². The minimum atomic E-state index is -0.671. The van der Waals surface area contributed by atoms with Crippen molar-refractivity contribution in [3.05, 3.63) is 35.4 Å². The molecule has 0 radical (unpaired) electrons. The molecule has 1 atom stereocenters. The van der Waals surface area contributed by atoms with Gasteiger partial charge in [0.1, 0.15) is 11.6 Å². The fraction of sp³-hybridized carbons (Fsp3) is 0.500. The van der Waals surface area contributed by atoms with E-state index in [4.69, 9.17) is 0 Å². The second-order valence-electron chi connectivity index (χ2n) is 4.91. The molecule has 1 amide bonds. The number of carbonyl (C=O) groups excluding carboxylic acids is 1. The molecule has 1 fully saturated rings. The first kappa shape index (κ1) is 13.9. The molecule has 1 aliphatic heterocycles. The average molecular weight is 268 g/mol. The first-order valence-electron chi connectivity index (χ1n) is 6.56. The third-order valence-electron chi connectivity index (χ3n) is 3.40. The molecule has 2 rings (SSSR count). The number of amides is 1. The molecule has 1 aromatic rings. The fourth-order valence-electron chi connectivity index (χ4n) is 2.28. The van der Waals surface area contributed by atoms with Gasteiger partial charge < -0.3 is 10.6 Å². The van der Waals surface area contributed by atoms with Crippen LogP contribution in [0, 0.1) is 17.6 Å². The zero-order valence-electron chi connectivity index (χ0n) is 10.7. The Morgan fingerprint density at radius 1 is 1.42 bits per heavy atom. The second-order valence-corrected chi connectivity index (χ2v) is 4.91. The number of benzene rings is 1. The molecular formula is C14H18F2N2O. The van der Waals surface area contributed by atoms with E-state index >= 15 is 0 Å². The van der Waals surface area contributed by atoms with Crippen molar-refractivity contribution in [2.24, 2.45) is 5.92 Å². The zero-order chi connectivity index (χ0) is 13.7. The SMILES string of the molecule is O=C(Cc1ccc(F)cc1F)NCC[C@H]1CCNC1. The summed E-state index contributed by atoms with van der Waals surface area (Å²) in [7, 11) is 0. The van der Waals surface area contributed by atoms with Gasteiger partial charge in [-0.15, -0.1) is 0 Å². The van der Waals surface area contributed by atoms with Crippen LogP contribution in [0.1, 0.15) is 18.4 Å². The molecule has 0 spiro atoms. The van der Waals surface area contributed by atoms with E-state index in [1.54, 1.807) is 0 Å². The quantitative estimate of drug-likeness (QED) is 0.852. The van der Waals surface area contributed by atoms with Gasteiger partial charge in [0.15, 0.2) is 0 Å². The lowest BCUT2D eigenvalue weighted by Gasteiger charge is -2.09. The number of rotatable bonds is 5. The highest BCUT2D eigenvalue weighted by Gasteiger charge is 2.14. The number of hydrogen-bond acceptors (Lipinski definition) is 2. The summed E-state index contributed by atoms with van der Waals surface area (Å²) in [5.41, 5.74) is 0.224. The Kier molecular flexibility index (Phi) is 4.85. The maximum atomic E-state index is 13.4. The monoisotopic (exact) mass is 268 g/mol. The first-order valence-corrected chi connectivity index (χ1v) is 6.56. The van der Waals surface area contributed by atoms with Gasteiger partial charge in [-0.05, 0) is 43.5 Å². The number of carbonyl (C=O) groups is 1. The van der Waals surface area contributed by atoms with Gasteiger partial charge in [-0.25, -0.2) is 8.78 Å². The summed E-state index contributed by atoms with van der Waals surface area (Å²) in [4.78, 5) is 11.6. The third kappa shape index (κ3) is 4.28. The molecule has 0 unspecified atom stereocenters. The number of nitrogens with one attached hydrogen (secondary N) is 2. The van der Waals surface area contributed by atoms with Crippen molar-refractivity contribution in [3.8, 4) is 0 Å². The minimum absolute atomic E-state index is 0.0466. The topological polar surface area (TPSA) is 41.1 Å². The lowest BCUT2D eigenvalue weighted by atomic mass is 10.1. The smallest absolute Gasteiger partial charge is 0.224 e. The van der Waals surface area contributed by atoms with Gasteiger partial charge in [-0.1, -0.05) is 6.07 Å². The lowest BCUT2D eigenvalue weighted by Crippen LogP contribution is -2.28. The van der Waals surface area contributed by atoms with Crippen molar-refractivity contribution in [2.45, 2.75) is 19.3 Å². The van der Waals surface area contributed by atoms with E-state index in [1.807, 2.05) is 0 Å². The van der Waals surface area contributed by atoms with Crippen molar-refractivity contribution in [3.63, 3.8) is 0 Å². The third-order valence-corrected chi connectivity index (χ3v) is 3.40. The van der Waals surface area contributed by atoms with Gasteiger partial charge in [-0.2, -0.15) is 0 Å². The van der Waals surface area contributed by atoms with Crippen molar-refractivity contribution in [1.29, 1.82) is 0 Å². The Balaban J connectivity index is 1.74. The van der Waals surface area contributed by atoms with Crippen LogP contribution in [-0.4, -0.2) is 25.5 Å². The molecule has 104 valence electrons. The largest absolute Gasteiger partial charge is 0.356 e. The summed E-state index contributed by atoms with van der Waals surface area (Å²) in [5.74, 6) is -0.912. The summed E-state index contributed by atoms with van der Waals surface area (Å²) in [6, 6.07) is 3.27. The van der Waals surface area contributed by atoms with Crippen LogP contribution in [0.25, 0.3) is 0 Å². The molecule has 5 heteroatoms. The fourth-order valence-corrected chi connectivity index (χ4v) is 2.28. The molecule has 1 aliphatic rings. The summed E-state index contributed by atoms with van der Waals surface area (Å²) < 4.78 is 26.1. The van der Waals surface area contributed by atoms with Crippen molar-refractivity contribution in [2.75, 3.05) is 19.6 Å². The van der Waals surface area contributed by atoms with E-state index < -0.39 is 11.6 Å². The van der Waals surface area contributed by atoms with Crippen molar-refractivity contribution in [1.82, 2.24) is 10.6 Å². The van der Waals surface area contributed by atoms with Gasteiger partial charge in [-0.3, -0.25) is 4.79 Å². The molecule has 0 bridgehead atoms. The zero-order valence-corrected chi connectivity index (χ0v) is 10.7. The summed E-state index contributed by atoms with van der Waals surface area (Å²) in [6.45, 7) is 2.65. The van der Waals surface area contributed by atoms with E-state index in [0.29, 0.717) is 12.5 Å². The molecule has 1 aromatic carbocycles. The number of halogens is 2. The standard InChI is InChI=1S/C14H18F2N2O/c15-12-2-1-11(13(16)8-12)7-14(19)18-6-4-10-3-5-17-9-10/h1-2,8,10,17H,3-7,9H2,(H,18,19)/t10-/m1/s1. The number of hydrogen-bond donors (Lipinski definition) is 2. The normalized spacial score (nSPS) is 18.5. The van der Waals surface area contributed by atoms with Crippen LogP contribution in [0.2, 0.25) is 0 Å². The van der Waals surface area contributed by atoms with Crippen LogP contribution < -0.4 is 10.6 Å². The van der Waals surface area contributed by atoms with Gasteiger partial charge in [0.05, 0.1) is 6.42 Å². The van der Waals surface area contributed by atoms with Gasteiger partial charge in [0.25, 0.3) is 0 Å². The molecule has 19 heavy (non-hydrogen) atoms. The van der Waals surface area contributed by atoms with Gasteiger partial charge >= 0.3 is 0 Å². The Hall–Kier alpha value is -1.49. The molecule has 0 saturated carbocycles. The molecule has 0 aliphatic carbocycles. The first-order chi connectivity index (χ1) is 9.15.